The van der Waals surface area contributed by atoms with Crippen molar-refractivity contribution in [1.82, 2.24) is 18.3 Å². The van der Waals surface area contributed by atoms with Gasteiger partial charge in [-0.25, -0.2) is 4.85 Å². The molecule has 0 saturated carbocycles. The van der Waals surface area contributed by atoms with Crippen LogP contribution >= 0.6 is 0 Å². The molecule has 9 aromatic carbocycles. The van der Waals surface area contributed by atoms with Crippen LogP contribution in [0.1, 0.15) is 27.5 Å². The van der Waals surface area contributed by atoms with Crippen molar-refractivity contribution < 1.29 is 21.9 Å². The third-order valence-corrected chi connectivity index (χ3v) is 11.7. The maximum Gasteiger partial charge on any atom is 0.238 e. The van der Waals surface area contributed by atoms with Gasteiger partial charge < -0.3 is 18.3 Å². The van der Waals surface area contributed by atoms with Crippen LogP contribution in [-0.4, -0.2) is 18.3 Å². The van der Waals surface area contributed by atoms with Crippen molar-refractivity contribution in [1.29, 1.82) is 5.26 Å². The van der Waals surface area contributed by atoms with Crippen molar-refractivity contribution in [2.45, 2.75) is 0 Å². The van der Waals surface area contributed by atoms with Crippen LogP contribution in [0.3, 0.4) is 0 Å². The number of rotatable bonds is 4. The van der Waals surface area contributed by atoms with E-state index in [9.17, 15) is 22.8 Å². The summed E-state index contributed by atoms with van der Waals surface area (Å²) in [5.74, 6) is 0. The number of aromatic nitrogens is 4. The van der Waals surface area contributed by atoms with Gasteiger partial charge in [-0.3, -0.25) is 0 Å². The van der Waals surface area contributed by atoms with Gasteiger partial charge >= 0.3 is 0 Å². The largest absolute Gasteiger partial charge is 0.317 e. The fraction of sp³-hybridized carbons (Fsp3) is 0. The van der Waals surface area contributed by atoms with E-state index in [1.807, 2.05) is 0 Å². The summed E-state index contributed by atoms with van der Waals surface area (Å²) in [4.78, 5) is 4.36. The van der Waals surface area contributed by atoms with E-state index in [0.717, 1.165) is 0 Å². The fourth-order valence-electron chi connectivity index (χ4n) is 9.36. The molecule has 0 radical (unpaired) electrons. The lowest BCUT2D eigenvalue weighted by Gasteiger charge is -2.27. The molecule has 0 atom stereocenters. The molecule has 0 spiro atoms. The van der Waals surface area contributed by atoms with Gasteiger partial charge in [0.2, 0.25) is 5.69 Å². The Morgan fingerprint density at radius 1 is 0.371 bits per heavy atom. The highest BCUT2D eigenvalue weighted by atomic mass is 15.1. The molecule has 4 aromatic heterocycles. The maximum absolute atomic E-state index is 12.5. The lowest BCUT2D eigenvalue weighted by atomic mass is 10.0. The number of fused-ring (bicyclic) bond motifs is 12. The lowest BCUT2D eigenvalue weighted by Crippen LogP contribution is -2.14. The summed E-state index contributed by atoms with van der Waals surface area (Å²) >= 11 is 0. The Labute approximate surface area is 377 Å². The number of nitriles is 1. The van der Waals surface area contributed by atoms with Crippen LogP contribution in [0.25, 0.3) is 115 Å². The zero-order valence-electron chi connectivity index (χ0n) is 47.9. The minimum Gasteiger partial charge on any atom is -0.317 e. The van der Waals surface area contributed by atoms with Gasteiger partial charge in [0.25, 0.3) is 0 Å². The molecule has 6 nitrogen and oxygen atoms in total. The number of benzene rings is 9. The highest BCUT2D eigenvalue weighted by molar-refractivity contribution is 6.16. The van der Waals surface area contributed by atoms with Crippen molar-refractivity contribution in [3.63, 3.8) is 0 Å². The molecule has 4 heterocycles. The summed E-state index contributed by atoms with van der Waals surface area (Å²) in [6.45, 7) is 9.66. The summed E-state index contributed by atoms with van der Waals surface area (Å²) in [6, 6.07) is 19.9. The van der Waals surface area contributed by atoms with E-state index >= 15 is 0 Å². The topological polar surface area (TPSA) is 47.9 Å². The molecule has 6 heteroatoms. The summed E-state index contributed by atoms with van der Waals surface area (Å²) in [5.41, 5.74) is -1.72. The zero-order valence-corrected chi connectivity index (χ0v) is 31.9. The Hall–Kier alpha value is -8.84. The standard InChI is InChI=1S/C56H32N6/c1-58-52-55(61-48-30-14-6-22-39(48)40-23-7-15-31-49(40)61)53(59-44-26-10-2-18-35(44)36-19-3-11-27-45(36)59)43(34-57)54(60-46-28-12-4-20-37(46)38-21-5-13-29-47(38)60)56(52)62-50-32-16-8-24-41(50)42-25-9-17-33-51(42)62/h2-33H/i2D,4D,6D,8D,10D,12D,14D,16D,18D,20D,22D,24D,26D,28D,30D,32D. The monoisotopic (exact) mass is 804 g/mol. The second-order valence-electron chi connectivity index (χ2n) is 14.6. The Bertz CT molecular complexity index is 4470. The van der Waals surface area contributed by atoms with E-state index in [2.05, 4.69) is 10.9 Å². The summed E-state index contributed by atoms with van der Waals surface area (Å²) < 4.78 is 154. The van der Waals surface area contributed by atoms with Gasteiger partial charge in [-0.1, -0.05) is 145 Å². The molecule has 0 aliphatic carbocycles. The molecular weight excluding hydrogens is 757 g/mol. The van der Waals surface area contributed by atoms with Crippen LogP contribution < -0.4 is 0 Å². The van der Waals surface area contributed by atoms with Gasteiger partial charge in [0.1, 0.15) is 11.6 Å². The zero-order chi connectivity index (χ0) is 55.0. The molecule has 0 amide bonds. The van der Waals surface area contributed by atoms with E-state index in [0.29, 0.717) is 10.8 Å². The van der Waals surface area contributed by atoms with Gasteiger partial charge in [-0.15, -0.1) is 0 Å². The molecule has 286 valence electrons. The number of hydrogen-bond acceptors (Lipinski definition) is 1. The van der Waals surface area contributed by atoms with E-state index < -0.39 is 108 Å². The predicted octanol–water partition coefficient (Wildman–Crippen LogP) is 14.5. The molecule has 0 N–H and O–H groups in total. The average Bonchev–Trinajstić information content (AvgIpc) is 4.21. The van der Waals surface area contributed by atoms with Gasteiger partial charge in [-0.2, -0.15) is 5.26 Å². The molecule has 0 aliphatic heterocycles. The summed E-state index contributed by atoms with van der Waals surface area (Å²) in [5, 5.41) is 13.8. The first-order valence-electron chi connectivity index (χ1n) is 27.4. The highest BCUT2D eigenvalue weighted by Crippen LogP contribution is 2.51. The molecule has 0 saturated heterocycles. The second-order valence-corrected chi connectivity index (χ2v) is 14.6. The van der Waals surface area contributed by atoms with Crippen molar-refractivity contribution >= 4 is 92.9 Å². The quantitative estimate of drug-likeness (QED) is 0.163. The second kappa shape index (κ2) is 12.8. The summed E-state index contributed by atoms with van der Waals surface area (Å²) in [6.07, 6.45) is 0. The van der Waals surface area contributed by atoms with E-state index in [1.54, 1.807) is 97.1 Å². The van der Waals surface area contributed by atoms with Crippen LogP contribution in [0, 0.1) is 17.9 Å². The van der Waals surface area contributed by atoms with Gasteiger partial charge in [-0.05, 0) is 48.4 Å². The minimum atomic E-state index is -0.650. The smallest absolute Gasteiger partial charge is 0.238 e. The van der Waals surface area contributed by atoms with Gasteiger partial charge in [0.15, 0.2) is 0 Å². The van der Waals surface area contributed by atoms with Gasteiger partial charge in [0, 0.05) is 43.1 Å². The molecule has 0 fully saturated rings. The lowest BCUT2D eigenvalue weighted by molar-refractivity contribution is 1.04. The molecule has 13 rings (SSSR count). The average molecular weight is 805 g/mol. The molecule has 0 unspecified atom stereocenters. The number of para-hydroxylation sites is 8. The van der Waals surface area contributed by atoms with Crippen molar-refractivity contribution in [2.24, 2.45) is 0 Å². The van der Waals surface area contributed by atoms with Crippen molar-refractivity contribution in [2.75, 3.05) is 0 Å². The Kier molecular flexibility index (Phi) is 4.54. The Morgan fingerprint density at radius 3 is 0.935 bits per heavy atom. The molecule has 13 aromatic rings. The Balaban J connectivity index is 1.46. The van der Waals surface area contributed by atoms with Crippen LogP contribution in [0.5, 0.6) is 0 Å². The first kappa shape index (κ1) is 22.0. The van der Waals surface area contributed by atoms with Crippen LogP contribution in [0.2, 0.25) is 0 Å². The molecule has 0 aliphatic rings. The van der Waals surface area contributed by atoms with E-state index in [-0.39, 0.29) is 99.2 Å². The van der Waals surface area contributed by atoms with E-state index in [4.69, 9.17) is 11.0 Å². The van der Waals surface area contributed by atoms with Crippen LogP contribution in [0.15, 0.2) is 194 Å². The maximum atomic E-state index is 12.5. The SMILES string of the molecule is [2H]c1c([2H])c([2H])c2c(c1[2H])c1ccccc1n2-c1c(C#N)c(-n2c3ccccc3c3c([2H])c([2H])c([2H])c([2H])c32)c(-n2c3ccccc3c3c([2H])c([2H])c([2H])c([2H])c32)c([N+]#[C-])c1-n1c2ccccc2c2c([2H])c([2H])c([2H])c([2H])c21. The molecular formula is C56H32N6. The Morgan fingerprint density at radius 2 is 0.645 bits per heavy atom. The first-order valence-corrected chi connectivity index (χ1v) is 19.4. The van der Waals surface area contributed by atoms with E-state index in [1.165, 1.54) is 18.3 Å². The summed E-state index contributed by atoms with van der Waals surface area (Å²) in [7, 11) is 0. The highest BCUT2D eigenvalue weighted by Gasteiger charge is 2.34. The minimum absolute atomic E-state index is 0.0231. The normalized spacial score (nSPS) is 15.5. The first-order chi connectivity index (χ1) is 37.4. The third kappa shape index (κ3) is 4.39. The van der Waals surface area contributed by atoms with Crippen LogP contribution in [0.4, 0.5) is 5.69 Å². The third-order valence-electron chi connectivity index (χ3n) is 11.7. The van der Waals surface area contributed by atoms with Crippen molar-refractivity contribution in [3.8, 4) is 28.8 Å². The van der Waals surface area contributed by atoms with Crippen molar-refractivity contribution in [3.05, 3.63) is 211 Å². The van der Waals surface area contributed by atoms with Crippen LogP contribution in [-0.2, 0) is 0 Å². The fourth-order valence-corrected chi connectivity index (χ4v) is 9.36. The number of hydrogen-bond donors (Lipinski definition) is 0. The predicted molar refractivity (Wildman–Crippen MR) is 255 cm³/mol. The molecule has 0 bridgehead atoms. The number of nitrogens with zero attached hydrogens (tertiary/aromatic N) is 6. The van der Waals surface area contributed by atoms with Gasteiger partial charge in [0.05, 0.1) is 95.4 Å². The molecule has 62 heavy (non-hydrogen) atoms.